The van der Waals surface area contributed by atoms with Crippen LogP contribution in [-0.2, 0) is 0 Å². The predicted molar refractivity (Wildman–Crippen MR) is 129 cm³/mol. The largest absolute Gasteiger partial charge is 0.334 e. The molecule has 1 spiro atoms. The van der Waals surface area contributed by atoms with Crippen LogP contribution >= 0.6 is 0 Å². The molecule has 6 rings (SSSR count). The highest BCUT2D eigenvalue weighted by Gasteiger charge is 2.47. The van der Waals surface area contributed by atoms with Crippen molar-refractivity contribution in [2.75, 3.05) is 10.2 Å². The van der Waals surface area contributed by atoms with E-state index in [4.69, 9.17) is 4.63 Å². The first-order valence-electron chi connectivity index (χ1n) is 11.7. The van der Waals surface area contributed by atoms with Gasteiger partial charge in [0.2, 0.25) is 5.52 Å². The molecule has 1 fully saturated rings. The van der Waals surface area contributed by atoms with Gasteiger partial charge in [-0.25, -0.2) is 14.0 Å². The number of nitro benzene ring substituents is 1. The maximum Gasteiger partial charge on any atom is 0.324 e. The van der Waals surface area contributed by atoms with E-state index in [-0.39, 0.29) is 34.2 Å². The fourth-order valence-corrected chi connectivity index (χ4v) is 5.93. The Labute approximate surface area is 200 Å². The number of pyridine rings is 1. The van der Waals surface area contributed by atoms with Crippen molar-refractivity contribution in [3.05, 3.63) is 70.2 Å². The zero-order valence-electron chi connectivity index (χ0n) is 19.1. The molecule has 0 bridgehead atoms. The van der Waals surface area contributed by atoms with Gasteiger partial charge in [-0.2, -0.15) is 0 Å². The van der Waals surface area contributed by atoms with E-state index in [1.807, 2.05) is 0 Å². The van der Waals surface area contributed by atoms with Crippen molar-refractivity contribution in [1.29, 1.82) is 0 Å². The van der Waals surface area contributed by atoms with Crippen molar-refractivity contribution >= 4 is 39.6 Å². The van der Waals surface area contributed by atoms with Crippen molar-refractivity contribution in [3.8, 4) is 0 Å². The molecule has 0 amide bonds. The molecule has 10 heteroatoms. The third-order valence-corrected chi connectivity index (χ3v) is 7.30. The molecule has 1 aliphatic carbocycles. The summed E-state index contributed by atoms with van der Waals surface area (Å²) in [4.78, 5) is 18.1. The van der Waals surface area contributed by atoms with Crippen LogP contribution in [0, 0.1) is 15.9 Å². The Hall–Kier alpha value is -4.08. The molecule has 1 aliphatic heterocycles. The van der Waals surface area contributed by atoms with E-state index >= 15 is 0 Å². The lowest BCUT2D eigenvalue weighted by atomic mass is 9.76. The summed E-state index contributed by atoms with van der Waals surface area (Å²) >= 11 is 0. The minimum atomic E-state index is -0.492. The second-order valence-electron chi connectivity index (χ2n) is 9.43. The highest BCUT2D eigenvalue weighted by Crippen LogP contribution is 2.55. The smallest absolute Gasteiger partial charge is 0.324 e. The maximum absolute atomic E-state index is 14.3. The fourth-order valence-electron chi connectivity index (χ4n) is 5.93. The van der Waals surface area contributed by atoms with Crippen molar-refractivity contribution < 1.29 is 13.9 Å². The summed E-state index contributed by atoms with van der Waals surface area (Å²) in [7, 11) is 0. The molecule has 3 heterocycles. The maximum atomic E-state index is 14.3. The number of rotatable bonds is 4. The topological polar surface area (TPSA) is 110 Å². The standard InChI is InChI=1S/C25H23FN6O3/c1-15-14-25(9-3-4-10-25)31(19-8-7-16(26)12-17(15)19)20-13-18(28-21-6-2-5-11-27-21)24(32(33)34)23-22(20)29-35-30-23/h2,5-8,11-13,15H,3-4,9-10,14H2,1H3,(H,27,28). The average molecular weight is 474 g/mol. The Morgan fingerprint density at radius 2 is 1.94 bits per heavy atom. The van der Waals surface area contributed by atoms with Gasteiger partial charge < -0.3 is 10.2 Å². The monoisotopic (exact) mass is 474 g/mol. The molecule has 1 saturated carbocycles. The number of aromatic nitrogens is 3. The second-order valence-corrected chi connectivity index (χ2v) is 9.43. The molecule has 9 nitrogen and oxygen atoms in total. The summed E-state index contributed by atoms with van der Waals surface area (Å²) in [6.07, 6.45) is 6.52. The van der Waals surface area contributed by atoms with E-state index in [2.05, 4.69) is 32.4 Å². The third kappa shape index (κ3) is 3.39. The normalized spacial score (nSPS) is 18.7. The van der Waals surface area contributed by atoms with Crippen LogP contribution in [0.1, 0.15) is 50.5 Å². The van der Waals surface area contributed by atoms with Crippen LogP contribution in [-0.4, -0.2) is 25.8 Å². The van der Waals surface area contributed by atoms with Crippen LogP contribution < -0.4 is 10.2 Å². The van der Waals surface area contributed by atoms with Crippen LogP contribution in [0.3, 0.4) is 0 Å². The summed E-state index contributed by atoms with van der Waals surface area (Å²) in [5, 5.41) is 23.2. The minimum absolute atomic E-state index is 0.0568. The van der Waals surface area contributed by atoms with E-state index in [1.54, 1.807) is 42.6 Å². The molecule has 4 aromatic rings. The van der Waals surface area contributed by atoms with Gasteiger partial charge in [-0.15, -0.1) is 0 Å². The lowest BCUT2D eigenvalue weighted by Gasteiger charge is -2.49. The van der Waals surface area contributed by atoms with E-state index in [0.29, 0.717) is 17.0 Å². The number of nitrogens with one attached hydrogen (secondary N) is 1. The molecule has 35 heavy (non-hydrogen) atoms. The van der Waals surface area contributed by atoms with Gasteiger partial charge in [0.25, 0.3) is 0 Å². The van der Waals surface area contributed by atoms with Gasteiger partial charge in [-0.05, 0) is 77.5 Å². The first kappa shape index (κ1) is 21.5. The number of hydrogen-bond acceptors (Lipinski definition) is 8. The average Bonchev–Trinajstić information content (AvgIpc) is 3.50. The molecule has 2 aromatic carbocycles. The molecule has 1 atom stereocenters. The van der Waals surface area contributed by atoms with Gasteiger partial charge in [-0.1, -0.05) is 25.8 Å². The van der Waals surface area contributed by atoms with E-state index in [0.717, 1.165) is 43.4 Å². The Kier molecular flexibility index (Phi) is 4.91. The van der Waals surface area contributed by atoms with Gasteiger partial charge in [-0.3, -0.25) is 10.1 Å². The van der Waals surface area contributed by atoms with E-state index in [9.17, 15) is 14.5 Å². The number of anilines is 4. The SMILES string of the molecule is CC1CC2(CCCC2)N(c2cc(Nc3ccccn3)c([N+](=O)[O-])c3nonc23)c2ccc(F)cc21. The number of hydrogen-bond donors (Lipinski definition) is 1. The van der Waals surface area contributed by atoms with Crippen molar-refractivity contribution in [2.45, 2.75) is 50.5 Å². The van der Waals surface area contributed by atoms with Gasteiger partial charge in [0.1, 0.15) is 17.3 Å². The number of nitrogens with zero attached hydrogens (tertiary/aromatic N) is 5. The van der Waals surface area contributed by atoms with Gasteiger partial charge in [0.05, 0.1) is 10.6 Å². The van der Waals surface area contributed by atoms with Gasteiger partial charge in [0.15, 0.2) is 5.52 Å². The second kappa shape index (κ2) is 8.00. The van der Waals surface area contributed by atoms with Crippen molar-refractivity contribution in [1.82, 2.24) is 15.3 Å². The van der Waals surface area contributed by atoms with Crippen molar-refractivity contribution in [3.63, 3.8) is 0 Å². The Balaban J connectivity index is 1.62. The molecular weight excluding hydrogens is 451 g/mol. The molecule has 2 aliphatic rings. The minimum Gasteiger partial charge on any atom is -0.334 e. The van der Waals surface area contributed by atoms with Crippen LogP contribution in [0.15, 0.2) is 53.3 Å². The van der Waals surface area contributed by atoms with Crippen LogP contribution in [0.5, 0.6) is 0 Å². The molecule has 0 radical (unpaired) electrons. The first-order valence-corrected chi connectivity index (χ1v) is 11.7. The number of benzene rings is 2. The molecular formula is C25H23FN6O3. The Morgan fingerprint density at radius 3 is 2.69 bits per heavy atom. The summed E-state index contributed by atoms with van der Waals surface area (Å²) in [5.41, 5.74) is 2.59. The number of fused-ring (bicyclic) bond motifs is 2. The predicted octanol–water partition coefficient (Wildman–Crippen LogP) is 6.37. The zero-order chi connectivity index (χ0) is 24.2. The molecule has 178 valence electrons. The molecule has 2 aromatic heterocycles. The van der Waals surface area contributed by atoms with E-state index in [1.165, 1.54) is 6.07 Å². The lowest BCUT2D eigenvalue weighted by Crippen LogP contribution is -2.48. The highest BCUT2D eigenvalue weighted by molar-refractivity contribution is 6.02. The first-order chi connectivity index (χ1) is 17.0. The summed E-state index contributed by atoms with van der Waals surface area (Å²) in [6, 6.07) is 11.9. The van der Waals surface area contributed by atoms with Crippen molar-refractivity contribution in [2.24, 2.45) is 0 Å². The molecule has 0 saturated heterocycles. The van der Waals surface area contributed by atoms with Gasteiger partial charge >= 0.3 is 5.69 Å². The fraction of sp³-hybridized carbons (Fsp3) is 0.320. The lowest BCUT2D eigenvalue weighted by molar-refractivity contribution is -0.382. The highest BCUT2D eigenvalue weighted by atomic mass is 19.1. The van der Waals surface area contributed by atoms with Crippen LogP contribution in [0.25, 0.3) is 11.0 Å². The molecule has 1 unspecified atom stereocenters. The number of halogens is 1. The quantitative estimate of drug-likeness (QED) is 0.268. The third-order valence-electron chi connectivity index (χ3n) is 7.30. The number of nitro groups is 1. The Morgan fingerprint density at radius 1 is 1.14 bits per heavy atom. The van der Waals surface area contributed by atoms with Crippen LogP contribution in [0.2, 0.25) is 0 Å². The van der Waals surface area contributed by atoms with E-state index < -0.39 is 4.92 Å². The summed E-state index contributed by atoms with van der Waals surface area (Å²) < 4.78 is 19.3. The Bertz CT molecular complexity index is 1430. The van der Waals surface area contributed by atoms with Gasteiger partial charge in [0, 0.05) is 17.4 Å². The molecule has 1 N–H and O–H groups in total. The summed E-state index contributed by atoms with van der Waals surface area (Å²) in [6.45, 7) is 2.13. The summed E-state index contributed by atoms with van der Waals surface area (Å²) in [5.74, 6) is 0.347. The zero-order valence-corrected chi connectivity index (χ0v) is 19.1. The van der Waals surface area contributed by atoms with Crippen LogP contribution in [0.4, 0.5) is 33.0 Å².